The summed E-state index contributed by atoms with van der Waals surface area (Å²) in [5.74, 6) is -3.26. The standard InChI is InChI=1S/C14H15F2NO2/c15-14(16)6-4-11(5-7-14)13(19)17-12-3-1-2-10(8-12)9-18/h1-3,8-9,11H,4-7H2,(H,17,19). The number of amides is 1. The van der Waals surface area contributed by atoms with Gasteiger partial charge in [0.1, 0.15) is 6.29 Å². The fourth-order valence-corrected chi connectivity index (χ4v) is 2.24. The van der Waals surface area contributed by atoms with Gasteiger partial charge in [0, 0.05) is 30.0 Å². The minimum absolute atomic E-state index is 0.201. The molecular weight excluding hydrogens is 252 g/mol. The predicted molar refractivity (Wildman–Crippen MR) is 67.4 cm³/mol. The minimum Gasteiger partial charge on any atom is -0.326 e. The van der Waals surface area contributed by atoms with Crippen LogP contribution in [0.25, 0.3) is 0 Å². The molecule has 1 N–H and O–H groups in total. The van der Waals surface area contributed by atoms with Crippen LogP contribution >= 0.6 is 0 Å². The van der Waals surface area contributed by atoms with Gasteiger partial charge in [-0.15, -0.1) is 0 Å². The number of alkyl halides is 2. The molecule has 5 heteroatoms. The first kappa shape index (κ1) is 13.6. The van der Waals surface area contributed by atoms with E-state index in [4.69, 9.17) is 0 Å². The van der Waals surface area contributed by atoms with Crippen LogP contribution in [0.1, 0.15) is 36.0 Å². The summed E-state index contributed by atoms with van der Waals surface area (Å²) in [7, 11) is 0. The van der Waals surface area contributed by atoms with Crippen molar-refractivity contribution >= 4 is 17.9 Å². The van der Waals surface area contributed by atoms with Crippen LogP contribution < -0.4 is 5.32 Å². The van der Waals surface area contributed by atoms with Crippen LogP contribution in [0.2, 0.25) is 0 Å². The van der Waals surface area contributed by atoms with Crippen molar-refractivity contribution in [1.82, 2.24) is 0 Å². The van der Waals surface area contributed by atoms with Crippen LogP contribution in [0.4, 0.5) is 14.5 Å². The summed E-state index contributed by atoms with van der Waals surface area (Å²) in [5, 5.41) is 2.67. The summed E-state index contributed by atoms with van der Waals surface area (Å²) in [6.07, 6.45) is 0.619. The zero-order chi connectivity index (χ0) is 13.9. The molecule has 0 aromatic heterocycles. The number of carbonyl (C=O) groups excluding carboxylic acids is 2. The molecule has 0 atom stereocenters. The molecule has 0 heterocycles. The van der Waals surface area contributed by atoms with Gasteiger partial charge in [-0.05, 0) is 25.0 Å². The van der Waals surface area contributed by atoms with Crippen LogP contribution in [0.3, 0.4) is 0 Å². The number of hydrogen-bond acceptors (Lipinski definition) is 2. The topological polar surface area (TPSA) is 46.2 Å². The summed E-state index contributed by atoms with van der Waals surface area (Å²) in [4.78, 5) is 22.6. The number of rotatable bonds is 3. The van der Waals surface area contributed by atoms with Crippen LogP contribution in [0.5, 0.6) is 0 Å². The first-order chi connectivity index (χ1) is 9.00. The molecule has 19 heavy (non-hydrogen) atoms. The van der Waals surface area contributed by atoms with E-state index in [2.05, 4.69) is 5.32 Å². The van der Waals surface area contributed by atoms with Gasteiger partial charge in [0.2, 0.25) is 11.8 Å². The van der Waals surface area contributed by atoms with Gasteiger partial charge in [-0.3, -0.25) is 9.59 Å². The summed E-state index contributed by atoms with van der Waals surface area (Å²) in [6, 6.07) is 6.52. The fraction of sp³-hybridized carbons (Fsp3) is 0.429. The summed E-state index contributed by atoms with van der Waals surface area (Å²) in [5.41, 5.74) is 0.986. The Hall–Kier alpha value is -1.78. The average Bonchev–Trinajstić information content (AvgIpc) is 2.38. The third-order valence-corrected chi connectivity index (χ3v) is 3.38. The second-order valence-electron chi connectivity index (χ2n) is 4.86. The van der Waals surface area contributed by atoms with Crippen molar-refractivity contribution in [3.8, 4) is 0 Å². The molecule has 0 spiro atoms. The minimum atomic E-state index is -2.63. The molecule has 1 fully saturated rings. The van der Waals surface area contributed by atoms with Crippen molar-refractivity contribution in [1.29, 1.82) is 0 Å². The number of nitrogens with one attached hydrogen (secondary N) is 1. The van der Waals surface area contributed by atoms with Crippen LogP contribution in [0, 0.1) is 5.92 Å². The van der Waals surface area contributed by atoms with Crippen LogP contribution in [0.15, 0.2) is 24.3 Å². The van der Waals surface area contributed by atoms with Crippen molar-refractivity contribution in [2.45, 2.75) is 31.6 Å². The van der Waals surface area contributed by atoms with Gasteiger partial charge in [0.05, 0.1) is 0 Å². The van der Waals surface area contributed by atoms with E-state index in [0.717, 1.165) is 0 Å². The maximum absolute atomic E-state index is 13.0. The van der Waals surface area contributed by atoms with Gasteiger partial charge in [-0.1, -0.05) is 12.1 Å². The van der Waals surface area contributed by atoms with Crippen molar-refractivity contribution in [2.75, 3.05) is 5.32 Å². The highest BCUT2D eigenvalue weighted by Gasteiger charge is 2.37. The molecule has 0 radical (unpaired) electrons. The zero-order valence-corrected chi connectivity index (χ0v) is 10.4. The molecule has 1 aliphatic rings. The second-order valence-corrected chi connectivity index (χ2v) is 4.86. The monoisotopic (exact) mass is 267 g/mol. The molecule has 1 aromatic carbocycles. The lowest BCUT2D eigenvalue weighted by atomic mass is 9.86. The Balaban J connectivity index is 1.96. The molecule has 0 saturated heterocycles. The predicted octanol–water partition coefficient (Wildman–Crippen LogP) is 3.26. The van der Waals surface area contributed by atoms with Crippen LogP contribution in [-0.4, -0.2) is 18.1 Å². The van der Waals surface area contributed by atoms with Gasteiger partial charge < -0.3 is 5.32 Å². The van der Waals surface area contributed by atoms with E-state index in [9.17, 15) is 18.4 Å². The molecule has 0 unspecified atom stereocenters. The third-order valence-electron chi connectivity index (χ3n) is 3.38. The van der Waals surface area contributed by atoms with Gasteiger partial charge >= 0.3 is 0 Å². The molecule has 2 rings (SSSR count). The molecule has 1 saturated carbocycles. The second kappa shape index (κ2) is 5.47. The highest BCUT2D eigenvalue weighted by atomic mass is 19.3. The number of benzene rings is 1. The molecule has 0 aliphatic heterocycles. The molecular formula is C14H15F2NO2. The highest BCUT2D eigenvalue weighted by Crippen LogP contribution is 2.36. The fourth-order valence-electron chi connectivity index (χ4n) is 2.24. The Morgan fingerprint density at radius 3 is 2.63 bits per heavy atom. The van der Waals surface area contributed by atoms with Gasteiger partial charge in [-0.25, -0.2) is 8.78 Å². The normalized spacial score (nSPS) is 18.8. The summed E-state index contributed by atoms with van der Waals surface area (Å²) >= 11 is 0. The molecule has 102 valence electrons. The lowest BCUT2D eigenvalue weighted by Gasteiger charge is -2.27. The first-order valence-corrected chi connectivity index (χ1v) is 6.24. The molecule has 1 aromatic rings. The zero-order valence-electron chi connectivity index (χ0n) is 10.4. The van der Waals surface area contributed by atoms with E-state index in [1.54, 1.807) is 24.3 Å². The smallest absolute Gasteiger partial charge is 0.248 e. The molecule has 3 nitrogen and oxygen atoms in total. The molecule has 1 amide bonds. The Morgan fingerprint density at radius 2 is 2.00 bits per heavy atom. The number of hydrogen-bond donors (Lipinski definition) is 1. The SMILES string of the molecule is O=Cc1cccc(NC(=O)C2CCC(F)(F)CC2)c1. The van der Waals surface area contributed by atoms with E-state index in [0.29, 0.717) is 17.5 Å². The molecule has 1 aliphatic carbocycles. The average molecular weight is 267 g/mol. The van der Waals surface area contributed by atoms with E-state index in [-0.39, 0.29) is 37.5 Å². The van der Waals surface area contributed by atoms with Gasteiger partial charge in [0.25, 0.3) is 0 Å². The Labute approximate surface area is 110 Å². The van der Waals surface area contributed by atoms with Gasteiger partial charge in [0.15, 0.2) is 0 Å². The Bertz CT molecular complexity index is 478. The summed E-state index contributed by atoms with van der Waals surface area (Å²) in [6.45, 7) is 0. The van der Waals surface area contributed by atoms with Crippen molar-refractivity contribution in [3.05, 3.63) is 29.8 Å². The number of aldehydes is 1. The largest absolute Gasteiger partial charge is 0.326 e. The van der Waals surface area contributed by atoms with Crippen molar-refractivity contribution in [2.24, 2.45) is 5.92 Å². The van der Waals surface area contributed by atoms with Gasteiger partial charge in [-0.2, -0.15) is 0 Å². The number of anilines is 1. The van der Waals surface area contributed by atoms with E-state index in [1.165, 1.54) is 0 Å². The highest BCUT2D eigenvalue weighted by molar-refractivity contribution is 5.93. The van der Waals surface area contributed by atoms with E-state index in [1.807, 2.05) is 0 Å². The Kier molecular flexibility index (Phi) is 3.93. The third kappa shape index (κ3) is 3.59. The quantitative estimate of drug-likeness (QED) is 0.854. The lowest BCUT2D eigenvalue weighted by molar-refractivity contribution is -0.124. The molecule has 0 bridgehead atoms. The number of halogens is 2. The summed E-state index contributed by atoms with van der Waals surface area (Å²) < 4.78 is 26.0. The lowest BCUT2D eigenvalue weighted by Crippen LogP contribution is -2.31. The van der Waals surface area contributed by atoms with Crippen molar-refractivity contribution < 1.29 is 18.4 Å². The van der Waals surface area contributed by atoms with Crippen LogP contribution in [-0.2, 0) is 4.79 Å². The van der Waals surface area contributed by atoms with E-state index >= 15 is 0 Å². The van der Waals surface area contributed by atoms with E-state index < -0.39 is 5.92 Å². The Morgan fingerprint density at radius 1 is 1.32 bits per heavy atom. The first-order valence-electron chi connectivity index (χ1n) is 6.24. The maximum atomic E-state index is 13.0. The maximum Gasteiger partial charge on any atom is 0.248 e. The number of carbonyl (C=O) groups is 2. The van der Waals surface area contributed by atoms with Crippen molar-refractivity contribution in [3.63, 3.8) is 0 Å².